The summed E-state index contributed by atoms with van der Waals surface area (Å²) in [6, 6.07) is 19.7. The molecular weight excluding hydrogens is 977 g/mol. The summed E-state index contributed by atoms with van der Waals surface area (Å²) < 4.78 is 0. The van der Waals surface area contributed by atoms with Crippen LogP contribution in [0.5, 0.6) is 0 Å². The topological polar surface area (TPSA) is 0 Å². The van der Waals surface area contributed by atoms with Crippen molar-refractivity contribution in [2.75, 3.05) is 0 Å². The van der Waals surface area contributed by atoms with Crippen molar-refractivity contribution in [3.63, 3.8) is 0 Å². The molecule has 76 heavy (non-hydrogen) atoms. The van der Waals surface area contributed by atoms with Gasteiger partial charge in [-0.25, -0.2) is 0 Å². The fraction of sp³-hybridized carbons (Fsp3) is 0.500. The maximum absolute atomic E-state index is 4.26. The first-order chi connectivity index (χ1) is 35.6. The lowest BCUT2D eigenvalue weighted by molar-refractivity contribution is 0.838. The summed E-state index contributed by atoms with van der Waals surface area (Å²) in [5.41, 5.74) is 28.3. The van der Waals surface area contributed by atoms with Crippen molar-refractivity contribution in [1.82, 2.24) is 0 Å². The lowest BCUT2D eigenvalue weighted by atomic mass is 9.95. The van der Waals surface area contributed by atoms with E-state index in [2.05, 4.69) is 261 Å². The molecule has 0 N–H and O–H groups in total. The van der Waals surface area contributed by atoms with Gasteiger partial charge in [-0.3, -0.25) is 0 Å². The molecule has 0 nitrogen and oxygen atoms in total. The molecule has 0 aliphatic heterocycles. The van der Waals surface area contributed by atoms with E-state index in [4.69, 9.17) is 0 Å². The highest BCUT2D eigenvalue weighted by Gasteiger charge is 2.45. The van der Waals surface area contributed by atoms with Crippen LogP contribution >= 0.6 is 0 Å². The molecule has 0 amide bonds. The van der Waals surface area contributed by atoms with Crippen LogP contribution in [-0.4, -0.2) is 32.3 Å². The second kappa shape index (κ2) is 19.7. The molecule has 0 unspecified atom stereocenters. The Balaban J connectivity index is 1.60. The van der Waals surface area contributed by atoms with Crippen LogP contribution < -0.4 is 0 Å². The normalized spacial score (nSPS) is 13.7. The van der Waals surface area contributed by atoms with Crippen molar-refractivity contribution in [1.29, 1.82) is 0 Å². The first-order valence-corrected chi connectivity index (χ1v) is 38.9. The van der Waals surface area contributed by atoms with Crippen molar-refractivity contribution in [3.05, 3.63) is 70.8 Å². The van der Waals surface area contributed by atoms with E-state index in [0.717, 1.165) is 0 Å². The van der Waals surface area contributed by atoms with Gasteiger partial charge in [0.05, 0.1) is 0 Å². The van der Waals surface area contributed by atoms with Crippen LogP contribution in [0.4, 0.5) is 0 Å². The molecule has 0 aliphatic rings. The summed E-state index contributed by atoms with van der Waals surface area (Å²) in [4.78, 5) is 0. The molecule has 0 atom stereocenters. The molecule has 0 fully saturated rings. The molecule has 0 spiro atoms. The van der Waals surface area contributed by atoms with Gasteiger partial charge >= 0.3 is 0 Å². The Labute approximate surface area is 464 Å². The quantitative estimate of drug-likeness (QED) is 0.0845. The van der Waals surface area contributed by atoms with Crippen LogP contribution in [0, 0.1) is 45.9 Å². The van der Waals surface area contributed by atoms with E-state index in [0.29, 0.717) is 66.5 Å². The van der Waals surface area contributed by atoms with Crippen LogP contribution in [0.2, 0.25) is 66.5 Å². The van der Waals surface area contributed by atoms with Gasteiger partial charge in [-0.2, -0.15) is 0 Å². The zero-order chi connectivity index (χ0) is 55.8. The lowest BCUT2D eigenvalue weighted by Crippen LogP contribution is -2.43. The smallest absolute Gasteiger partial charge is 0.125 e. The minimum absolute atomic E-state index is 0.535. The molecule has 0 aliphatic carbocycles. The van der Waals surface area contributed by atoms with Crippen LogP contribution in [-0.2, 0) is 0 Å². The minimum Gasteiger partial charge on any atom is -0.125 e. The summed E-state index contributed by atoms with van der Waals surface area (Å²) in [6.45, 7) is 58.7. The number of benzene rings is 4. The number of hydrogen-bond acceptors (Lipinski definition) is 0. The molecule has 396 valence electrons. The maximum Gasteiger partial charge on any atom is 0.146 e. The molecular formula is C72H92Si4. The summed E-state index contributed by atoms with van der Waals surface area (Å²) >= 11 is 0. The van der Waals surface area contributed by atoms with E-state index in [1.165, 1.54) is 108 Å². The van der Waals surface area contributed by atoms with E-state index in [1.807, 2.05) is 0 Å². The lowest BCUT2D eigenvalue weighted by Gasteiger charge is -2.38. The van der Waals surface area contributed by atoms with Crippen LogP contribution in [0.3, 0.4) is 0 Å². The SMILES string of the molecule is CC(C)[Si](C#Cc1c2ccc3c(C#C[Si](C(C)C)(C(C)C)C(C)C)c4ccc5c(C#C[Si](C(C)C)(C(C)C)C(C)C)c6ccc7c(C#C[Si](C(C)C)(C(C)C)C(C)C)c8ccc1c1c2c3c4c5c6c7c81)(C(C)C)C(C)C. The predicted molar refractivity (Wildman–Crippen MR) is 354 cm³/mol. The van der Waals surface area contributed by atoms with Crippen molar-refractivity contribution in [2.45, 2.75) is 233 Å². The van der Waals surface area contributed by atoms with Gasteiger partial charge in [-0.05, 0) is 153 Å². The van der Waals surface area contributed by atoms with E-state index < -0.39 is 32.3 Å². The fourth-order valence-corrected chi connectivity index (χ4v) is 38.5. The van der Waals surface area contributed by atoms with Gasteiger partial charge in [0.15, 0.2) is 0 Å². The third-order valence-electron chi connectivity index (χ3n) is 21.1. The first kappa shape index (κ1) is 56.2. The van der Waals surface area contributed by atoms with E-state index in [1.54, 1.807) is 0 Å². The van der Waals surface area contributed by atoms with Crippen LogP contribution in [0.25, 0.3) is 86.2 Å². The molecule has 0 heterocycles. The zero-order valence-corrected chi connectivity index (χ0v) is 55.5. The minimum atomic E-state index is -2.10. The molecule has 0 saturated heterocycles. The Bertz CT molecular complexity index is 3110. The molecule has 0 radical (unpaired) electrons. The van der Waals surface area contributed by atoms with Crippen molar-refractivity contribution < 1.29 is 0 Å². The molecule has 4 heteroatoms. The van der Waals surface area contributed by atoms with Crippen molar-refractivity contribution in [3.8, 4) is 45.9 Å². The Kier molecular flexibility index (Phi) is 14.5. The standard InChI is InChI=1S/C72H92Si4/c1-41(2)73(42(3)4,43(5)6)37-33-53-57-25-27-59-54(34-38-74(44(7)8,45(9)10)46(11)12)61-29-31-63-56(36-40-76(50(19)20,51(21)22)52(23)24)64-32-30-62-55(35-39-75(47(13)14,48(15)16)49(17)18)60-28-26-58(53)66-65(57)67(59)69(61)71(63)72(64)70(62)68(60)66/h25-32,41-52H,1-24H3. The summed E-state index contributed by atoms with van der Waals surface area (Å²) in [6.07, 6.45) is 0. The van der Waals surface area contributed by atoms with Gasteiger partial charge in [0.25, 0.3) is 0 Å². The second-order valence-corrected chi connectivity index (χ2v) is 50.1. The van der Waals surface area contributed by atoms with Gasteiger partial charge in [-0.1, -0.05) is 238 Å². The number of hydrogen-bond donors (Lipinski definition) is 0. The highest BCUT2D eigenvalue weighted by Crippen LogP contribution is 2.56. The monoisotopic (exact) mass is 1070 g/mol. The molecule has 0 bridgehead atoms. The summed E-state index contributed by atoms with van der Waals surface area (Å²) in [7, 11) is -8.42. The molecule has 0 saturated carbocycles. The Morgan fingerprint density at radius 3 is 0.395 bits per heavy atom. The largest absolute Gasteiger partial charge is 0.146 e. The van der Waals surface area contributed by atoms with Gasteiger partial charge < -0.3 is 0 Å². The summed E-state index contributed by atoms with van der Waals surface area (Å²) in [5, 5.41) is 21.2. The van der Waals surface area contributed by atoms with E-state index >= 15 is 0 Å². The summed E-state index contributed by atoms with van der Waals surface area (Å²) in [5.74, 6) is 16.6. The Morgan fingerprint density at radius 1 is 0.197 bits per heavy atom. The maximum atomic E-state index is 4.26. The Hall–Kier alpha value is -4.53. The second-order valence-electron chi connectivity index (χ2n) is 27.7. The average molecular weight is 1070 g/mol. The van der Waals surface area contributed by atoms with Gasteiger partial charge in [-0.15, -0.1) is 22.2 Å². The van der Waals surface area contributed by atoms with Crippen LogP contribution in [0.1, 0.15) is 188 Å². The number of rotatable bonds is 12. The van der Waals surface area contributed by atoms with Crippen molar-refractivity contribution in [2.24, 2.45) is 0 Å². The van der Waals surface area contributed by atoms with Crippen LogP contribution in [0.15, 0.2) is 48.5 Å². The highest BCUT2D eigenvalue weighted by atomic mass is 28.3. The molecule has 0 aromatic heterocycles. The third kappa shape index (κ3) is 7.57. The van der Waals surface area contributed by atoms with Gasteiger partial charge in [0.2, 0.25) is 0 Å². The van der Waals surface area contributed by atoms with Crippen molar-refractivity contribution >= 4 is 118 Å². The van der Waals surface area contributed by atoms with Gasteiger partial charge in [0.1, 0.15) is 32.3 Å². The predicted octanol–water partition coefficient (Wildman–Crippen LogP) is 22.4. The molecule has 9 aromatic rings. The zero-order valence-electron chi connectivity index (χ0n) is 51.5. The molecule has 9 rings (SSSR count). The third-order valence-corrected chi connectivity index (χ3v) is 46.2. The Morgan fingerprint density at radius 2 is 0.303 bits per heavy atom. The van der Waals surface area contributed by atoms with Gasteiger partial charge in [0, 0.05) is 22.3 Å². The first-order valence-electron chi connectivity index (χ1n) is 30.0. The molecule has 9 aromatic carbocycles. The van der Waals surface area contributed by atoms with E-state index in [9.17, 15) is 0 Å². The fourth-order valence-electron chi connectivity index (χ4n) is 17.7. The van der Waals surface area contributed by atoms with E-state index in [-0.39, 0.29) is 0 Å². The average Bonchev–Trinajstić information content (AvgIpc) is 4.02. The highest BCUT2D eigenvalue weighted by molar-refractivity contribution is 6.92.